The topological polar surface area (TPSA) is 167 Å². The Morgan fingerprint density at radius 1 is 0.741 bits per heavy atom. The number of pyridine rings is 1. The predicted octanol–water partition coefficient (Wildman–Crippen LogP) is 6.51. The van der Waals surface area contributed by atoms with Crippen molar-refractivity contribution in [2.75, 3.05) is 17.7 Å². The first-order valence-corrected chi connectivity index (χ1v) is 28.7. The van der Waals surface area contributed by atoms with E-state index in [-0.39, 0.29) is 59.6 Å². The molecule has 1 fully saturated rings. The number of benzene rings is 6. The predicted molar refractivity (Wildman–Crippen MR) is 308 cm³/mol. The number of carbonyl (C=O) groups excluding carboxylic acids is 3. The van der Waals surface area contributed by atoms with E-state index in [2.05, 4.69) is 88.6 Å². The lowest BCUT2D eigenvalue weighted by Crippen LogP contribution is -3.00. The van der Waals surface area contributed by atoms with Crippen LogP contribution in [0.2, 0.25) is 0 Å². The van der Waals surface area contributed by atoms with E-state index in [1.54, 1.807) is 5.38 Å². The van der Waals surface area contributed by atoms with E-state index >= 15 is 4.79 Å². The van der Waals surface area contributed by atoms with Gasteiger partial charge in [-0.2, -0.15) is 5.10 Å². The number of aromatic nitrogens is 4. The lowest BCUT2D eigenvalue weighted by Gasteiger charge is -2.48. The fraction of sp³-hybridized carbons (Fsp3) is 0.172. The molecule has 17 heteroatoms. The van der Waals surface area contributed by atoms with Crippen LogP contribution in [-0.4, -0.2) is 71.5 Å². The number of oxime groups is 1. The smallest absolute Gasteiger partial charge is 0.355 e. The number of amides is 2. The van der Waals surface area contributed by atoms with Gasteiger partial charge in [-0.15, -0.1) is 11.3 Å². The van der Waals surface area contributed by atoms with Crippen molar-refractivity contribution in [1.82, 2.24) is 25.0 Å². The van der Waals surface area contributed by atoms with Gasteiger partial charge in [-0.05, 0) is 57.0 Å². The number of hydrogen-bond acceptors (Lipinski definition) is 11. The molecule has 5 heterocycles. The number of thiazole rings is 1. The molecule has 408 valence electrons. The Morgan fingerprint density at radius 3 is 1.77 bits per heavy atom. The highest BCUT2D eigenvalue weighted by molar-refractivity contribution is 7.92. The van der Waals surface area contributed by atoms with E-state index in [9.17, 15) is 14.1 Å². The molecule has 2 aliphatic rings. The van der Waals surface area contributed by atoms with Gasteiger partial charge >= 0.3 is 5.97 Å². The van der Waals surface area contributed by atoms with Gasteiger partial charge in [0.05, 0.1) is 12.2 Å². The molecule has 1 saturated heterocycles. The first kappa shape index (κ1) is 55.8. The second-order valence-electron chi connectivity index (χ2n) is 19.3. The molecule has 2 amide bonds. The maximum absolute atomic E-state index is 15.0. The third-order valence-electron chi connectivity index (χ3n) is 14.4. The number of unbranched alkanes of at least 4 members (excludes halogenated alkanes) is 1. The van der Waals surface area contributed by atoms with Crippen molar-refractivity contribution in [3.8, 4) is 0 Å². The first-order chi connectivity index (χ1) is 39.3. The molecule has 2 N–H and O–H groups in total. The number of halogens is 1. The molecule has 9 aromatic rings. The van der Waals surface area contributed by atoms with Crippen molar-refractivity contribution in [3.05, 3.63) is 286 Å². The van der Waals surface area contributed by atoms with Crippen LogP contribution >= 0.6 is 11.3 Å². The van der Waals surface area contributed by atoms with E-state index in [1.807, 2.05) is 168 Å². The van der Waals surface area contributed by atoms with E-state index in [1.165, 1.54) is 16.2 Å². The Kier molecular flexibility index (Phi) is 17.4. The standard InChI is InChI=1S/C64H56N8O6S2.BrH/c1-2-3-41-77-61(75)57-46(42-70-38-23-10-24-39-70)45-80(76)60-56(59(74)72(57)60)66-58(73)55(54-44-79-62(65-54)67-63(47-25-11-4-12-26-47,48-27-13-5-14-28-48)49-29-15-6-16-30-49)69-78-43-53-37-40-71(68-53)64(50-31-17-7-18-32-50,51-33-19-8-20-34-51)52-35-21-9-22-36-52;/h4-40,44,56,60H,2-3,41-43,45H2,1H3,(H-,65,66,67,73);1H/t56-,60+,80?;/m1./s1. The zero-order valence-electron chi connectivity index (χ0n) is 44.2. The molecule has 6 aromatic carbocycles. The highest BCUT2D eigenvalue weighted by Gasteiger charge is 2.62. The summed E-state index contributed by atoms with van der Waals surface area (Å²) < 4.78 is 23.8. The summed E-state index contributed by atoms with van der Waals surface area (Å²) in [5.41, 5.74) is 4.90. The number of hydrogen-bond donors (Lipinski definition) is 2. The Bertz CT molecular complexity index is 3440. The van der Waals surface area contributed by atoms with E-state index in [0.29, 0.717) is 22.8 Å². The lowest BCUT2D eigenvalue weighted by atomic mass is 9.77. The minimum atomic E-state index is -1.73. The molecule has 81 heavy (non-hydrogen) atoms. The summed E-state index contributed by atoms with van der Waals surface area (Å²) in [7, 11) is 0. The highest BCUT2D eigenvalue weighted by atomic mass is 79.9. The summed E-state index contributed by atoms with van der Waals surface area (Å²) in [6.07, 6.45) is 6.99. The maximum Gasteiger partial charge on any atom is 0.355 e. The van der Waals surface area contributed by atoms with Crippen molar-refractivity contribution in [2.24, 2.45) is 5.16 Å². The van der Waals surface area contributed by atoms with Crippen LogP contribution in [-0.2, 0) is 59.4 Å². The molecule has 2 aliphatic heterocycles. The van der Waals surface area contributed by atoms with Gasteiger partial charge in [0.1, 0.15) is 33.9 Å². The van der Waals surface area contributed by atoms with Crippen molar-refractivity contribution >= 4 is 51.1 Å². The summed E-state index contributed by atoms with van der Waals surface area (Å²) in [6.45, 7) is 2.18. The number of fused-ring (bicyclic) bond motifs is 1. The van der Waals surface area contributed by atoms with Crippen molar-refractivity contribution in [2.45, 2.75) is 55.4 Å². The zero-order valence-corrected chi connectivity index (χ0v) is 47.4. The number of anilines is 1. The summed E-state index contributed by atoms with van der Waals surface area (Å²) in [5, 5.41) is 17.4. The normalized spacial score (nSPS) is 16.1. The maximum atomic E-state index is 15.0. The number of carbonyl (C=O) groups is 3. The van der Waals surface area contributed by atoms with E-state index < -0.39 is 51.5 Å². The quantitative estimate of drug-likeness (QED) is 0.0119. The Balaban J connectivity index is 0.00000736. The minimum Gasteiger partial charge on any atom is -1.00 e. The molecule has 0 aliphatic carbocycles. The molecular formula is C64H57BrN8O6S2. The molecule has 1 unspecified atom stereocenters. The molecule has 11 rings (SSSR count). The average molecular weight is 1180 g/mol. The van der Waals surface area contributed by atoms with Crippen LogP contribution in [0.25, 0.3) is 0 Å². The van der Waals surface area contributed by atoms with Gasteiger partial charge in [0.15, 0.2) is 42.4 Å². The molecule has 0 bridgehead atoms. The molecule has 3 atom stereocenters. The van der Waals surface area contributed by atoms with Crippen molar-refractivity contribution in [3.63, 3.8) is 0 Å². The molecule has 14 nitrogen and oxygen atoms in total. The second-order valence-corrected chi connectivity index (χ2v) is 21.7. The summed E-state index contributed by atoms with van der Waals surface area (Å²) in [6, 6.07) is 66.9. The van der Waals surface area contributed by atoms with Crippen molar-refractivity contribution < 1.29 is 50.1 Å². The van der Waals surface area contributed by atoms with Crippen LogP contribution in [0, 0.1) is 0 Å². The van der Waals surface area contributed by atoms with Gasteiger partial charge < -0.3 is 41.7 Å². The van der Waals surface area contributed by atoms with Gasteiger partial charge in [0, 0.05) is 23.7 Å². The van der Waals surface area contributed by atoms with Gasteiger partial charge in [-0.1, -0.05) is 207 Å². The Labute approximate surface area is 487 Å². The summed E-state index contributed by atoms with van der Waals surface area (Å²) in [5.74, 6) is -2.12. The van der Waals surface area contributed by atoms with E-state index in [0.717, 1.165) is 39.8 Å². The molecular weight excluding hydrogens is 1120 g/mol. The van der Waals surface area contributed by atoms with Gasteiger partial charge in [0.2, 0.25) is 5.37 Å². The number of esters is 1. The molecule has 0 saturated carbocycles. The minimum absolute atomic E-state index is 0. The fourth-order valence-electron chi connectivity index (χ4n) is 10.6. The molecule has 0 spiro atoms. The monoisotopic (exact) mass is 1180 g/mol. The third-order valence-corrected chi connectivity index (χ3v) is 16.8. The zero-order chi connectivity index (χ0) is 54.9. The largest absolute Gasteiger partial charge is 1.00 e. The van der Waals surface area contributed by atoms with Gasteiger partial charge in [-0.3, -0.25) is 19.2 Å². The number of β-lactam (4-membered cyclic amide) rings is 1. The summed E-state index contributed by atoms with van der Waals surface area (Å²) in [4.78, 5) is 55.8. The van der Waals surface area contributed by atoms with Crippen molar-refractivity contribution in [1.29, 1.82) is 0 Å². The van der Waals surface area contributed by atoms with Crippen LogP contribution in [0.1, 0.15) is 64.5 Å². The summed E-state index contributed by atoms with van der Waals surface area (Å²) >= 11 is -0.467. The first-order valence-electron chi connectivity index (χ1n) is 26.5. The van der Waals surface area contributed by atoms with Crippen LogP contribution in [0.15, 0.2) is 247 Å². The second kappa shape index (κ2) is 25.3. The van der Waals surface area contributed by atoms with E-state index in [4.69, 9.17) is 19.7 Å². The van der Waals surface area contributed by atoms with Crippen LogP contribution < -0.4 is 32.2 Å². The lowest BCUT2D eigenvalue weighted by molar-refractivity contribution is -0.689. The molecule has 0 radical (unpaired) electrons. The van der Waals surface area contributed by atoms with Crippen LogP contribution in [0.3, 0.4) is 0 Å². The number of rotatable bonds is 21. The van der Waals surface area contributed by atoms with Crippen LogP contribution in [0.5, 0.6) is 0 Å². The van der Waals surface area contributed by atoms with Crippen LogP contribution in [0.4, 0.5) is 5.13 Å². The number of nitrogens with one attached hydrogen (secondary N) is 2. The Morgan fingerprint density at radius 2 is 1.25 bits per heavy atom. The number of nitrogens with zero attached hydrogens (tertiary/aromatic N) is 6. The third kappa shape index (κ3) is 11.2. The Hall–Kier alpha value is -8.48. The van der Waals surface area contributed by atoms with Gasteiger partial charge in [0.25, 0.3) is 11.8 Å². The average Bonchev–Trinajstić information content (AvgIpc) is 3.92. The molecule has 3 aromatic heterocycles. The number of ether oxygens (including phenoxy) is 1. The fourth-order valence-corrected chi connectivity index (χ4v) is 13.0. The SMILES string of the molecule is CCCCOC(=O)C1=C(C[n+]2ccccc2)C[S+]([O-])[C@H]2[C@H](NC(=O)C(=NOCc3ccn(C(c4ccccc4)(c4ccccc4)c4ccccc4)n3)c3csc(NC(c4ccccc4)(c4ccccc4)c4ccccc4)n3)C(=O)N12.[Br-]. The highest BCUT2D eigenvalue weighted by Crippen LogP contribution is 2.43. The van der Waals surface area contributed by atoms with Gasteiger partial charge in [-0.25, -0.2) is 14.3 Å².